The van der Waals surface area contributed by atoms with Crippen LogP contribution in [0.15, 0.2) is 6.07 Å². The van der Waals surface area contributed by atoms with Crippen molar-refractivity contribution >= 4 is 5.91 Å². The summed E-state index contributed by atoms with van der Waals surface area (Å²) in [5, 5.41) is 6.17. The van der Waals surface area contributed by atoms with Gasteiger partial charge in [-0.15, -0.1) is 0 Å². The van der Waals surface area contributed by atoms with Crippen molar-refractivity contribution in [1.29, 1.82) is 0 Å². The number of amides is 1. The lowest BCUT2D eigenvalue weighted by atomic mass is 10.3. The Balaban J connectivity index is 2.31. The van der Waals surface area contributed by atoms with Crippen LogP contribution in [0.3, 0.4) is 0 Å². The molecule has 1 aromatic rings. The first-order chi connectivity index (χ1) is 10.2. The Kier molecular flexibility index (Phi) is 6.86. The Morgan fingerprint density at radius 3 is 2.68 bits per heavy atom. The molecule has 8 heteroatoms. The lowest BCUT2D eigenvalue weighted by Gasteiger charge is -2.09. The van der Waals surface area contributed by atoms with Crippen LogP contribution in [0.1, 0.15) is 38.1 Å². The zero-order valence-electron chi connectivity index (χ0n) is 13.0. The van der Waals surface area contributed by atoms with Crippen molar-refractivity contribution < 1.29 is 22.7 Å². The van der Waals surface area contributed by atoms with Crippen molar-refractivity contribution in [3.05, 3.63) is 17.5 Å². The quantitative estimate of drug-likeness (QED) is 0.749. The average Bonchev–Trinajstić information content (AvgIpc) is 2.77. The molecule has 0 atom stereocenters. The normalized spacial score (nSPS) is 12.0. The van der Waals surface area contributed by atoms with Crippen LogP contribution < -0.4 is 5.32 Å². The monoisotopic (exact) mass is 321 g/mol. The fourth-order valence-corrected chi connectivity index (χ4v) is 1.79. The predicted molar refractivity (Wildman–Crippen MR) is 75.3 cm³/mol. The van der Waals surface area contributed by atoms with Gasteiger partial charge in [0.05, 0.1) is 6.10 Å². The van der Waals surface area contributed by atoms with Gasteiger partial charge in [0, 0.05) is 31.8 Å². The summed E-state index contributed by atoms with van der Waals surface area (Å²) in [6.45, 7) is 6.56. The van der Waals surface area contributed by atoms with Crippen LogP contribution in [-0.2, 0) is 22.3 Å². The van der Waals surface area contributed by atoms with Gasteiger partial charge in [0.2, 0.25) is 5.91 Å². The molecule has 0 saturated heterocycles. The van der Waals surface area contributed by atoms with Gasteiger partial charge in [-0.3, -0.25) is 9.48 Å². The van der Waals surface area contributed by atoms with Gasteiger partial charge in [0.1, 0.15) is 0 Å². The van der Waals surface area contributed by atoms with Gasteiger partial charge in [-0.1, -0.05) is 0 Å². The van der Waals surface area contributed by atoms with E-state index in [1.165, 1.54) is 11.6 Å². The minimum atomic E-state index is -4.46. The Labute approximate surface area is 127 Å². The summed E-state index contributed by atoms with van der Waals surface area (Å²) in [5.74, 6) is -0.215. The van der Waals surface area contributed by atoms with Crippen LogP contribution in [-0.4, -0.2) is 34.9 Å². The third-order valence-corrected chi connectivity index (χ3v) is 2.92. The second-order valence-corrected chi connectivity index (χ2v) is 5.26. The van der Waals surface area contributed by atoms with Crippen molar-refractivity contribution in [3.63, 3.8) is 0 Å². The van der Waals surface area contributed by atoms with E-state index in [4.69, 9.17) is 4.74 Å². The van der Waals surface area contributed by atoms with Crippen LogP contribution in [0.25, 0.3) is 0 Å². The molecule has 0 saturated carbocycles. The molecule has 1 amide bonds. The first-order valence-electron chi connectivity index (χ1n) is 7.20. The standard InChI is InChI=1S/C14H22F3N3O2/c1-10(2)22-8-4-6-18-13(21)5-7-20-11(3)9-12(19-20)14(15,16)17/h9-10H,4-8H2,1-3H3,(H,18,21). The molecule has 1 aromatic heterocycles. The van der Waals surface area contributed by atoms with Crippen molar-refractivity contribution in [3.8, 4) is 0 Å². The molecule has 1 N–H and O–H groups in total. The van der Waals surface area contributed by atoms with E-state index in [9.17, 15) is 18.0 Å². The molecule has 126 valence electrons. The van der Waals surface area contributed by atoms with E-state index in [1.807, 2.05) is 13.8 Å². The van der Waals surface area contributed by atoms with Gasteiger partial charge in [-0.2, -0.15) is 18.3 Å². The van der Waals surface area contributed by atoms with Gasteiger partial charge in [0.15, 0.2) is 5.69 Å². The van der Waals surface area contributed by atoms with E-state index < -0.39 is 11.9 Å². The molecule has 0 radical (unpaired) electrons. The highest BCUT2D eigenvalue weighted by Crippen LogP contribution is 2.28. The summed E-state index contributed by atoms with van der Waals surface area (Å²) in [6.07, 6.45) is -3.52. The number of hydrogen-bond acceptors (Lipinski definition) is 3. The third-order valence-electron chi connectivity index (χ3n) is 2.92. The van der Waals surface area contributed by atoms with Crippen molar-refractivity contribution in [2.75, 3.05) is 13.2 Å². The first-order valence-corrected chi connectivity index (χ1v) is 7.20. The predicted octanol–water partition coefficient (Wildman–Crippen LogP) is 2.53. The maximum atomic E-state index is 12.5. The molecule has 0 unspecified atom stereocenters. The van der Waals surface area contributed by atoms with Crippen LogP contribution in [0.2, 0.25) is 0 Å². The van der Waals surface area contributed by atoms with E-state index in [0.717, 1.165) is 6.07 Å². The Morgan fingerprint density at radius 1 is 1.45 bits per heavy atom. The number of halogens is 3. The molecule has 0 bridgehead atoms. The van der Waals surface area contributed by atoms with Crippen molar-refractivity contribution in [2.24, 2.45) is 0 Å². The second kappa shape index (κ2) is 8.17. The fourth-order valence-electron chi connectivity index (χ4n) is 1.79. The highest BCUT2D eigenvalue weighted by atomic mass is 19.4. The Bertz CT molecular complexity index is 484. The van der Waals surface area contributed by atoms with Crippen LogP contribution in [0.5, 0.6) is 0 Å². The van der Waals surface area contributed by atoms with E-state index in [1.54, 1.807) is 0 Å². The summed E-state index contributed by atoms with van der Waals surface area (Å²) >= 11 is 0. The summed E-state index contributed by atoms with van der Waals surface area (Å²) in [4.78, 5) is 11.6. The lowest BCUT2D eigenvalue weighted by molar-refractivity contribution is -0.141. The maximum absolute atomic E-state index is 12.5. The molecule has 0 spiro atoms. The van der Waals surface area contributed by atoms with E-state index in [0.29, 0.717) is 25.3 Å². The molecule has 0 aliphatic heterocycles. The number of nitrogens with one attached hydrogen (secondary N) is 1. The molecule has 1 rings (SSSR count). The van der Waals surface area contributed by atoms with Crippen LogP contribution in [0.4, 0.5) is 13.2 Å². The minimum Gasteiger partial charge on any atom is -0.379 e. The largest absolute Gasteiger partial charge is 0.435 e. The molecule has 1 heterocycles. The molecule has 0 aliphatic rings. The number of hydrogen-bond donors (Lipinski definition) is 1. The third kappa shape index (κ3) is 6.46. The number of aromatic nitrogens is 2. The number of carbonyl (C=O) groups is 1. The van der Waals surface area contributed by atoms with E-state index in [-0.39, 0.29) is 25.0 Å². The van der Waals surface area contributed by atoms with Gasteiger partial charge in [0.25, 0.3) is 0 Å². The lowest BCUT2D eigenvalue weighted by Crippen LogP contribution is -2.26. The van der Waals surface area contributed by atoms with Gasteiger partial charge >= 0.3 is 6.18 Å². The van der Waals surface area contributed by atoms with Crippen molar-refractivity contribution in [1.82, 2.24) is 15.1 Å². The summed E-state index contributed by atoms with van der Waals surface area (Å²) in [6, 6.07) is 0.973. The number of ether oxygens (including phenoxy) is 1. The highest BCUT2D eigenvalue weighted by molar-refractivity contribution is 5.75. The zero-order chi connectivity index (χ0) is 16.8. The topological polar surface area (TPSA) is 56.2 Å². The molecule has 0 aromatic carbocycles. The van der Waals surface area contributed by atoms with Gasteiger partial charge < -0.3 is 10.1 Å². The molecular weight excluding hydrogens is 299 g/mol. The molecule has 5 nitrogen and oxygen atoms in total. The average molecular weight is 321 g/mol. The number of nitrogens with zero attached hydrogens (tertiary/aromatic N) is 2. The molecular formula is C14H22F3N3O2. The van der Waals surface area contributed by atoms with Gasteiger partial charge in [-0.05, 0) is 33.3 Å². The highest BCUT2D eigenvalue weighted by Gasteiger charge is 2.34. The smallest absolute Gasteiger partial charge is 0.379 e. The SMILES string of the molecule is Cc1cc(C(F)(F)F)nn1CCC(=O)NCCCOC(C)C. The summed E-state index contributed by atoms with van der Waals surface area (Å²) < 4.78 is 44.1. The number of rotatable bonds is 8. The first kappa shape index (κ1) is 18.5. The Hall–Kier alpha value is -1.57. The molecule has 0 fully saturated rings. The fraction of sp³-hybridized carbons (Fsp3) is 0.714. The molecule has 0 aliphatic carbocycles. The van der Waals surface area contributed by atoms with Gasteiger partial charge in [-0.25, -0.2) is 0 Å². The number of aryl methyl sites for hydroxylation is 2. The summed E-state index contributed by atoms with van der Waals surface area (Å²) in [7, 11) is 0. The number of carbonyl (C=O) groups excluding carboxylic acids is 1. The van der Waals surface area contributed by atoms with E-state index >= 15 is 0 Å². The van der Waals surface area contributed by atoms with Crippen molar-refractivity contribution in [2.45, 2.75) is 52.4 Å². The van der Waals surface area contributed by atoms with E-state index in [2.05, 4.69) is 10.4 Å². The summed E-state index contributed by atoms with van der Waals surface area (Å²) in [5.41, 5.74) is -0.554. The Morgan fingerprint density at radius 2 is 2.14 bits per heavy atom. The van der Waals surface area contributed by atoms with Crippen LogP contribution in [0, 0.1) is 6.92 Å². The number of alkyl halides is 3. The minimum absolute atomic E-state index is 0.0881. The van der Waals surface area contributed by atoms with Crippen LogP contribution >= 0.6 is 0 Å². The zero-order valence-corrected chi connectivity index (χ0v) is 13.0. The maximum Gasteiger partial charge on any atom is 0.435 e. The molecule has 22 heavy (non-hydrogen) atoms. The second-order valence-electron chi connectivity index (χ2n) is 5.26.